The average Bonchev–Trinajstić information content (AvgIpc) is 2.46. The van der Waals surface area contributed by atoms with Crippen LogP contribution in [0.2, 0.25) is 0 Å². The van der Waals surface area contributed by atoms with Gasteiger partial charge in [0.2, 0.25) is 0 Å². The second kappa shape index (κ2) is 6.04. The molecule has 0 unspecified atom stereocenters. The molecule has 0 N–H and O–H groups in total. The summed E-state index contributed by atoms with van der Waals surface area (Å²) >= 11 is 0. The van der Waals surface area contributed by atoms with E-state index in [0.29, 0.717) is 5.69 Å². The molecular weight excluding hydrogens is 248 g/mol. The third kappa shape index (κ3) is 2.82. The monoisotopic (exact) mass is 268 g/mol. The number of aromatic nitrogens is 1. The summed E-state index contributed by atoms with van der Waals surface area (Å²) in [5.74, 6) is 0.0812. The zero-order chi connectivity index (χ0) is 13.8. The van der Waals surface area contributed by atoms with Crippen molar-refractivity contribution in [3.63, 3.8) is 0 Å². The molecule has 0 aliphatic carbocycles. The Morgan fingerprint density at radius 1 is 0.900 bits per heavy atom. The highest BCUT2D eigenvalue weighted by Crippen LogP contribution is 2.16. The Morgan fingerprint density at radius 2 is 1.60 bits per heavy atom. The third-order valence-corrected chi connectivity index (χ3v) is 3.96. The van der Waals surface area contributed by atoms with E-state index in [4.69, 9.17) is 0 Å². The van der Waals surface area contributed by atoms with Crippen LogP contribution >= 0.6 is 0 Å². The molecule has 0 bridgehead atoms. The highest BCUT2D eigenvalue weighted by Gasteiger charge is 2.17. The minimum absolute atomic E-state index is 0.0812. The first kappa shape index (κ1) is 13.1. The Labute approximate surface area is 119 Å². The quantitative estimate of drug-likeness (QED) is 0.791. The van der Waals surface area contributed by atoms with Gasteiger partial charge in [0.1, 0.15) is 5.69 Å². The van der Waals surface area contributed by atoms with Crippen molar-refractivity contribution in [2.75, 3.05) is 13.1 Å². The third-order valence-electron chi connectivity index (χ3n) is 3.96. The van der Waals surface area contributed by atoms with Crippen molar-refractivity contribution >= 4 is 16.8 Å². The van der Waals surface area contributed by atoms with Crippen LogP contribution in [0.3, 0.4) is 0 Å². The fraction of sp³-hybridized carbons (Fsp3) is 0.412. The molecule has 1 aromatic carbocycles. The van der Waals surface area contributed by atoms with E-state index in [2.05, 4.69) is 4.98 Å². The molecule has 1 aliphatic heterocycles. The first-order valence-corrected chi connectivity index (χ1v) is 7.50. The van der Waals surface area contributed by atoms with E-state index in [-0.39, 0.29) is 5.91 Å². The summed E-state index contributed by atoms with van der Waals surface area (Å²) in [6, 6.07) is 11.8. The predicted molar refractivity (Wildman–Crippen MR) is 80.7 cm³/mol. The average molecular weight is 268 g/mol. The zero-order valence-electron chi connectivity index (χ0n) is 11.7. The smallest absolute Gasteiger partial charge is 0.272 e. The molecule has 0 radical (unpaired) electrons. The van der Waals surface area contributed by atoms with Gasteiger partial charge in [0.15, 0.2) is 0 Å². The van der Waals surface area contributed by atoms with E-state index in [1.807, 2.05) is 41.3 Å². The van der Waals surface area contributed by atoms with Crippen molar-refractivity contribution in [3.05, 3.63) is 42.1 Å². The van der Waals surface area contributed by atoms with E-state index < -0.39 is 0 Å². The minimum atomic E-state index is 0.0812. The summed E-state index contributed by atoms with van der Waals surface area (Å²) in [6.45, 7) is 1.74. The molecule has 1 fully saturated rings. The van der Waals surface area contributed by atoms with Gasteiger partial charge in [-0.25, -0.2) is 4.98 Å². The molecule has 104 valence electrons. The van der Waals surface area contributed by atoms with Gasteiger partial charge in [0.25, 0.3) is 5.91 Å². The molecule has 2 heterocycles. The van der Waals surface area contributed by atoms with E-state index in [1.165, 1.54) is 19.3 Å². The molecule has 1 amide bonds. The van der Waals surface area contributed by atoms with Crippen LogP contribution < -0.4 is 0 Å². The first-order chi connectivity index (χ1) is 9.84. The molecule has 0 atom stereocenters. The lowest BCUT2D eigenvalue weighted by Crippen LogP contribution is -2.34. The topological polar surface area (TPSA) is 33.2 Å². The Balaban J connectivity index is 1.83. The zero-order valence-corrected chi connectivity index (χ0v) is 11.7. The summed E-state index contributed by atoms with van der Waals surface area (Å²) in [5.41, 5.74) is 1.47. The van der Waals surface area contributed by atoms with Crippen molar-refractivity contribution < 1.29 is 4.79 Å². The number of hydrogen-bond donors (Lipinski definition) is 0. The van der Waals surface area contributed by atoms with E-state index in [9.17, 15) is 4.79 Å². The summed E-state index contributed by atoms with van der Waals surface area (Å²) in [5, 5.41) is 1.08. The molecule has 1 aromatic heterocycles. The fourth-order valence-corrected chi connectivity index (χ4v) is 2.80. The second-order valence-electron chi connectivity index (χ2n) is 5.45. The normalized spacial score (nSPS) is 16.7. The lowest BCUT2D eigenvalue weighted by molar-refractivity contribution is 0.0737. The molecule has 0 saturated carbocycles. The Hall–Kier alpha value is -1.90. The van der Waals surface area contributed by atoms with Crippen LogP contribution in [0.15, 0.2) is 36.4 Å². The maximum Gasteiger partial charge on any atom is 0.272 e. The Kier molecular flexibility index (Phi) is 3.95. The van der Waals surface area contributed by atoms with Gasteiger partial charge in [-0.3, -0.25) is 4.79 Å². The van der Waals surface area contributed by atoms with Crippen LogP contribution in [-0.4, -0.2) is 28.9 Å². The summed E-state index contributed by atoms with van der Waals surface area (Å²) in [6.07, 6.45) is 5.98. The Morgan fingerprint density at radius 3 is 2.40 bits per heavy atom. The van der Waals surface area contributed by atoms with Gasteiger partial charge in [-0.2, -0.15) is 0 Å². The van der Waals surface area contributed by atoms with Crippen molar-refractivity contribution in [3.8, 4) is 0 Å². The van der Waals surface area contributed by atoms with E-state index in [0.717, 1.165) is 36.8 Å². The standard InChI is InChI=1S/C17H20N2O/c20-17(19-12-6-2-1-3-7-13-19)16-11-10-14-8-4-5-9-15(14)18-16/h4-5,8-11H,1-3,6-7,12-13H2. The number of fused-ring (bicyclic) bond motifs is 1. The van der Waals surface area contributed by atoms with Gasteiger partial charge in [0.05, 0.1) is 5.52 Å². The summed E-state index contributed by atoms with van der Waals surface area (Å²) < 4.78 is 0. The lowest BCUT2D eigenvalue weighted by atomic mass is 10.1. The first-order valence-electron chi connectivity index (χ1n) is 7.50. The number of carbonyl (C=O) groups excluding carboxylic acids is 1. The highest BCUT2D eigenvalue weighted by molar-refractivity contribution is 5.94. The number of rotatable bonds is 1. The minimum Gasteiger partial charge on any atom is -0.337 e. The van der Waals surface area contributed by atoms with Gasteiger partial charge in [0, 0.05) is 18.5 Å². The van der Waals surface area contributed by atoms with Crippen LogP contribution in [0.25, 0.3) is 10.9 Å². The maximum absolute atomic E-state index is 12.6. The number of hydrogen-bond acceptors (Lipinski definition) is 2. The van der Waals surface area contributed by atoms with Crippen LogP contribution in [-0.2, 0) is 0 Å². The van der Waals surface area contributed by atoms with E-state index in [1.54, 1.807) is 0 Å². The number of likely N-dealkylation sites (tertiary alicyclic amines) is 1. The van der Waals surface area contributed by atoms with Crippen LogP contribution in [0.4, 0.5) is 0 Å². The number of pyridine rings is 1. The second-order valence-corrected chi connectivity index (χ2v) is 5.45. The largest absolute Gasteiger partial charge is 0.337 e. The van der Waals surface area contributed by atoms with Crippen molar-refractivity contribution in [1.29, 1.82) is 0 Å². The Bertz CT molecular complexity index is 601. The highest BCUT2D eigenvalue weighted by atomic mass is 16.2. The number of carbonyl (C=O) groups is 1. The summed E-state index contributed by atoms with van der Waals surface area (Å²) in [7, 11) is 0. The predicted octanol–water partition coefficient (Wildman–Crippen LogP) is 3.64. The SMILES string of the molecule is O=C(c1ccc2ccccc2n1)N1CCCCCCC1. The van der Waals surface area contributed by atoms with Gasteiger partial charge in [-0.05, 0) is 25.0 Å². The molecule has 1 saturated heterocycles. The maximum atomic E-state index is 12.6. The van der Waals surface area contributed by atoms with Crippen molar-refractivity contribution in [2.24, 2.45) is 0 Å². The molecular formula is C17H20N2O. The van der Waals surface area contributed by atoms with Gasteiger partial charge in [-0.15, -0.1) is 0 Å². The molecule has 1 aliphatic rings. The number of benzene rings is 1. The molecule has 3 rings (SSSR count). The van der Waals surface area contributed by atoms with Gasteiger partial charge < -0.3 is 4.90 Å². The number of para-hydroxylation sites is 1. The van der Waals surface area contributed by atoms with Gasteiger partial charge >= 0.3 is 0 Å². The van der Waals surface area contributed by atoms with Crippen LogP contribution in [0.5, 0.6) is 0 Å². The van der Waals surface area contributed by atoms with E-state index >= 15 is 0 Å². The molecule has 3 heteroatoms. The van der Waals surface area contributed by atoms with Gasteiger partial charge in [-0.1, -0.05) is 43.5 Å². The van der Waals surface area contributed by atoms with Crippen molar-refractivity contribution in [1.82, 2.24) is 9.88 Å². The molecule has 0 spiro atoms. The lowest BCUT2D eigenvalue weighted by Gasteiger charge is -2.24. The summed E-state index contributed by atoms with van der Waals surface area (Å²) in [4.78, 5) is 19.1. The molecule has 3 nitrogen and oxygen atoms in total. The van der Waals surface area contributed by atoms with Crippen LogP contribution in [0, 0.1) is 0 Å². The fourth-order valence-electron chi connectivity index (χ4n) is 2.80. The van der Waals surface area contributed by atoms with Crippen LogP contribution in [0.1, 0.15) is 42.6 Å². The number of nitrogens with zero attached hydrogens (tertiary/aromatic N) is 2. The molecule has 2 aromatic rings. The molecule has 20 heavy (non-hydrogen) atoms. The number of amides is 1. The van der Waals surface area contributed by atoms with Crippen molar-refractivity contribution in [2.45, 2.75) is 32.1 Å².